The molecule has 13 heteroatoms. The number of aliphatic carboxylic acids is 1. The quantitative estimate of drug-likeness (QED) is 0.314. The lowest BCUT2D eigenvalue weighted by Crippen LogP contribution is -2.47. The molecule has 0 saturated carbocycles. The number of nitrogen functional groups attached to an aromatic ring is 1. The number of hydrogen-bond acceptors (Lipinski definition) is 11. The third kappa shape index (κ3) is 5.24. The van der Waals surface area contributed by atoms with Crippen molar-refractivity contribution in [3.63, 3.8) is 0 Å². The number of nitrogens with one attached hydrogen (secondary N) is 1. The predicted molar refractivity (Wildman–Crippen MR) is 127 cm³/mol. The second-order valence-corrected chi connectivity index (χ2v) is 7.96. The van der Waals surface area contributed by atoms with Gasteiger partial charge >= 0.3 is 5.97 Å². The molecule has 5 rings (SSSR count). The molecule has 0 atom stereocenters. The topological polar surface area (TPSA) is 160 Å². The molecule has 0 spiro atoms. The van der Waals surface area contributed by atoms with Gasteiger partial charge < -0.3 is 30.2 Å². The molecular formula is C22H25N9O4. The number of carboxylic acid groups (broad SMARTS) is 1. The molecule has 0 amide bonds. The number of furan rings is 1. The summed E-state index contributed by atoms with van der Waals surface area (Å²) in [6.07, 6.45) is 1.55. The van der Waals surface area contributed by atoms with Gasteiger partial charge in [-0.1, -0.05) is 0 Å². The Morgan fingerprint density at radius 2 is 1.91 bits per heavy atom. The summed E-state index contributed by atoms with van der Waals surface area (Å²) < 4.78 is 11.9. The molecule has 0 unspecified atom stereocenters. The van der Waals surface area contributed by atoms with Gasteiger partial charge in [0.2, 0.25) is 17.7 Å². The Bertz CT molecular complexity index is 1280. The van der Waals surface area contributed by atoms with Crippen LogP contribution in [0, 0.1) is 0 Å². The van der Waals surface area contributed by atoms with Crippen molar-refractivity contribution < 1.29 is 19.1 Å². The average molecular weight is 480 g/mol. The monoisotopic (exact) mass is 479 g/mol. The lowest BCUT2D eigenvalue weighted by molar-refractivity contribution is -0.139. The van der Waals surface area contributed by atoms with Gasteiger partial charge in [-0.15, -0.1) is 5.10 Å². The molecule has 0 aliphatic carbocycles. The lowest BCUT2D eigenvalue weighted by Gasteiger charge is -2.36. The highest BCUT2D eigenvalue weighted by Gasteiger charge is 2.18. The van der Waals surface area contributed by atoms with E-state index in [0.29, 0.717) is 35.6 Å². The predicted octanol–water partition coefficient (Wildman–Crippen LogP) is 1.06. The lowest BCUT2D eigenvalue weighted by atomic mass is 10.2. The molecule has 0 bridgehead atoms. The highest BCUT2D eigenvalue weighted by atomic mass is 16.5. The Balaban J connectivity index is 1.10. The molecule has 4 N–H and O–H groups in total. The number of carbonyl (C=O) groups is 1. The second-order valence-electron chi connectivity index (χ2n) is 7.96. The van der Waals surface area contributed by atoms with Gasteiger partial charge in [0, 0.05) is 45.0 Å². The summed E-state index contributed by atoms with van der Waals surface area (Å²) in [6, 6.07) is 11.0. The molecule has 1 aliphatic heterocycles. The third-order valence-electron chi connectivity index (χ3n) is 5.62. The van der Waals surface area contributed by atoms with E-state index in [1.165, 1.54) is 4.52 Å². The molecule has 182 valence electrons. The van der Waals surface area contributed by atoms with Crippen molar-refractivity contribution in [2.75, 3.05) is 61.8 Å². The first-order valence-corrected chi connectivity index (χ1v) is 11.2. The van der Waals surface area contributed by atoms with Gasteiger partial charge in [0.1, 0.15) is 5.75 Å². The zero-order valence-electron chi connectivity index (χ0n) is 18.9. The first-order valence-electron chi connectivity index (χ1n) is 11.2. The van der Waals surface area contributed by atoms with Gasteiger partial charge in [0.25, 0.3) is 5.78 Å². The van der Waals surface area contributed by atoms with Gasteiger partial charge in [-0.3, -0.25) is 4.90 Å². The number of anilines is 3. The van der Waals surface area contributed by atoms with Crippen LogP contribution in [-0.4, -0.2) is 86.4 Å². The number of aromatic nitrogens is 5. The van der Waals surface area contributed by atoms with Crippen LogP contribution in [-0.2, 0) is 4.79 Å². The molecular weight excluding hydrogens is 454 g/mol. The number of benzene rings is 1. The van der Waals surface area contributed by atoms with Crippen LogP contribution in [0.1, 0.15) is 0 Å². The van der Waals surface area contributed by atoms with Crippen molar-refractivity contribution in [3.8, 4) is 17.3 Å². The van der Waals surface area contributed by atoms with Crippen LogP contribution in [0.15, 0.2) is 47.1 Å². The minimum absolute atomic E-state index is 0.191. The van der Waals surface area contributed by atoms with Gasteiger partial charge in [0.15, 0.2) is 12.4 Å². The molecule has 13 nitrogen and oxygen atoms in total. The zero-order valence-corrected chi connectivity index (χ0v) is 18.9. The standard InChI is InChI=1S/C22H25N9O4/c23-20-26-21(27-22-25-19(28-31(20)22)17-2-1-13-34-17)24-7-8-29-9-11-30(12-10-29)15-3-5-16(6-4-15)35-14-18(32)33/h1-6,13H,7-12,14H2,(H,32,33)(H3,23,24,25,26,27,28). The Morgan fingerprint density at radius 1 is 1.11 bits per heavy atom. The first kappa shape index (κ1) is 22.4. The SMILES string of the molecule is Nc1nc(NCCN2CCN(c3ccc(OCC(=O)O)cc3)CC2)nc2nc(-c3ccco3)nn12. The molecule has 1 aliphatic rings. The smallest absolute Gasteiger partial charge is 0.341 e. The van der Waals surface area contributed by atoms with Crippen molar-refractivity contribution in [3.05, 3.63) is 42.7 Å². The number of carboxylic acids is 1. The third-order valence-corrected chi connectivity index (χ3v) is 5.62. The number of fused-ring (bicyclic) bond motifs is 1. The van der Waals surface area contributed by atoms with Crippen LogP contribution in [0.25, 0.3) is 17.4 Å². The molecule has 1 fully saturated rings. The number of hydrogen-bond donors (Lipinski definition) is 3. The maximum absolute atomic E-state index is 10.6. The van der Waals surface area contributed by atoms with Crippen molar-refractivity contribution in [2.45, 2.75) is 0 Å². The summed E-state index contributed by atoms with van der Waals surface area (Å²) >= 11 is 0. The van der Waals surface area contributed by atoms with Gasteiger partial charge in [-0.25, -0.2) is 4.79 Å². The number of rotatable bonds is 9. The van der Waals surface area contributed by atoms with Gasteiger partial charge in [0.05, 0.1) is 6.26 Å². The summed E-state index contributed by atoms with van der Waals surface area (Å²) in [5, 5.41) is 16.2. The summed E-state index contributed by atoms with van der Waals surface area (Å²) in [5.74, 6) is 1.42. The van der Waals surface area contributed by atoms with E-state index in [1.54, 1.807) is 30.5 Å². The van der Waals surface area contributed by atoms with E-state index in [4.69, 9.17) is 20.0 Å². The van der Waals surface area contributed by atoms with Crippen molar-refractivity contribution in [1.29, 1.82) is 0 Å². The molecule has 4 aromatic rings. The van der Waals surface area contributed by atoms with E-state index in [9.17, 15) is 4.79 Å². The number of ether oxygens (including phenoxy) is 1. The average Bonchev–Trinajstić information content (AvgIpc) is 3.54. The molecule has 1 saturated heterocycles. The molecule has 3 aromatic heterocycles. The van der Waals surface area contributed by atoms with Crippen LogP contribution in [0.5, 0.6) is 5.75 Å². The fourth-order valence-corrected chi connectivity index (χ4v) is 3.85. The summed E-state index contributed by atoms with van der Waals surface area (Å²) in [6.45, 7) is 4.75. The maximum atomic E-state index is 10.6. The normalized spacial score (nSPS) is 14.3. The Hall–Kier alpha value is -4.39. The largest absolute Gasteiger partial charge is 0.482 e. The minimum Gasteiger partial charge on any atom is -0.482 e. The molecule has 0 radical (unpaired) electrons. The highest BCUT2D eigenvalue weighted by molar-refractivity contribution is 5.68. The van der Waals surface area contributed by atoms with E-state index in [0.717, 1.165) is 38.4 Å². The summed E-state index contributed by atoms with van der Waals surface area (Å²) in [7, 11) is 0. The van der Waals surface area contributed by atoms with E-state index in [-0.39, 0.29) is 12.6 Å². The van der Waals surface area contributed by atoms with E-state index in [1.807, 2.05) is 12.1 Å². The molecule has 35 heavy (non-hydrogen) atoms. The second kappa shape index (κ2) is 9.85. The van der Waals surface area contributed by atoms with E-state index >= 15 is 0 Å². The highest BCUT2D eigenvalue weighted by Crippen LogP contribution is 2.21. The first-order chi connectivity index (χ1) is 17.0. The number of nitrogens with zero attached hydrogens (tertiary/aromatic N) is 7. The Morgan fingerprint density at radius 3 is 2.63 bits per heavy atom. The maximum Gasteiger partial charge on any atom is 0.341 e. The Labute approximate surface area is 200 Å². The number of piperazine rings is 1. The van der Waals surface area contributed by atoms with Crippen LogP contribution in [0.4, 0.5) is 17.6 Å². The van der Waals surface area contributed by atoms with Crippen molar-refractivity contribution >= 4 is 29.3 Å². The van der Waals surface area contributed by atoms with Crippen LogP contribution < -0.4 is 20.7 Å². The van der Waals surface area contributed by atoms with Crippen LogP contribution in [0.3, 0.4) is 0 Å². The van der Waals surface area contributed by atoms with Crippen LogP contribution >= 0.6 is 0 Å². The van der Waals surface area contributed by atoms with Gasteiger partial charge in [-0.2, -0.15) is 19.5 Å². The van der Waals surface area contributed by atoms with Crippen molar-refractivity contribution in [2.24, 2.45) is 0 Å². The van der Waals surface area contributed by atoms with Crippen molar-refractivity contribution in [1.82, 2.24) is 29.5 Å². The number of nitrogens with two attached hydrogens (primary N) is 1. The minimum atomic E-state index is -0.993. The Kier molecular flexibility index (Phi) is 6.30. The van der Waals surface area contributed by atoms with E-state index < -0.39 is 5.97 Å². The fraction of sp³-hybridized carbons (Fsp3) is 0.318. The fourth-order valence-electron chi connectivity index (χ4n) is 3.85. The zero-order chi connectivity index (χ0) is 24.2. The summed E-state index contributed by atoms with van der Waals surface area (Å²) in [5.41, 5.74) is 7.12. The molecule has 4 heterocycles. The molecule has 1 aromatic carbocycles. The van der Waals surface area contributed by atoms with Crippen LogP contribution in [0.2, 0.25) is 0 Å². The van der Waals surface area contributed by atoms with E-state index in [2.05, 4.69) is 35.2 Å². The van der Waals surface area contributed by atoms with Gasteiger partial charge in [-0.05, 0) is 36.4 Å². The summed E-state index contributed by atoms with van der Waals surface area (Å²) in [4.78, 5) is 28.3.